The Hall–Kier alpha value is -2.24. The monoisotopic (exact) mass is 361 g/mol. The number of rotatable bonds is 8. The third-order valence-electron chi connectivity index (χ3n) is 5.36. The van der Waals surface area contributed by atoms with Gasteiger partial charge in [-0.1, -0.05) is 13.3 Å². The highest BCUT2D eigenvalue weighted by Gasteiger charge is 2.46. The fourth-order valence-electron chi connectivity index (χ4n) is 3.69. The second-order valence-electron chi connectivity index (χ2n) is 7.22. The van der Waals surface area contributed by atoms with Crippen LogP contribution in [-0.2, 0) is 4.79 Å². The van der Waals surface area contributed by atoms with Crippen LogP contribution in [0.25, 0.3) is 0 Å². The quantitative estimate of drug-likeness (QED) is 0.720. The summed E-state index contributed by atoms with van der Waals surface area (Å²) in [4.78, 5) is 26.1. The number of hydrogen-bond acceptors (Lipinski definition) is 4. The van der Waals surface area contributed by atoms with Gasteiger partial charge in [-0.05, 0) is 49.3 Å². The molecule has 1 saturated carbocycles. The smallest absolute Gasteiger partial charge is 0.308 e. The molecule has 6 heteroatoms. The first kappa shape index (κ1) is 18.5. The molecule has 1 aromatic rings. The molecule has 142 valence electrons. The Morgan fingerprint density at radius 1 is 1.23 bits per heavy atom. The maximum Gasteiger partial charge on any atom is 0.308 e. The van der Waals surface area contributed by atoms with E-state index in [0.717, 1.165) is 25.7 Å². The Kier molecular flexibility index (Phi) is 5.69. The average Bonchev–Trinajstić information content (AvgIpc) is 3.39. The summed E-state index contributed by atoms with van der Waals surface area (Å²) in [7, 11) is 1.55. The highest BCUT2D eigenvalue weighted by Crippen LogP contribution is 2.44. The maximum atomic E-state index is 12.9. The Labute approximate surface area is 154 Å². The number of nitrogens with zero attached hydrogens (tertiary/aromatic N) is 1. The molecule has 0 aromatic heterocycles. The molecule has 2 fully saturated rings. The normalized spacial score (nSPS) is 22.3. The molecule has 1 aromatic carbocycles. The molecule has 0 unspecified atom stereocenters. The van der Waals surface area contributed by atoms with Crippen LogP contribution in [0, 0.1) is 17.8 Å². The molecule has 1 aliphatic heterocycles. The Bertz CT molecular complexity index is 670. The van der Waals surface area contributed by atoms with Gasteiger partial charge in [-0.25, -0.2) is 0 Å². The van der Waals surface area contributed by atoms with E-state index in [9.17, 15) is 14.7 Å². The average molecular weight is 361 g/mol. The van der Waals surface area contributed by atoms with E-state index < -0.39 is 11.9 Å². The fourth-order valence-corrected chi connectivity index (χ4v) is 3.69. The molecule has 2 atom stereocenters. The van der Waals surface area contributed by atoms with Crippen molar-refractivity contribution in [2.45, 2.75) is 32.6 Å². The summed E-state index contributed by atoms with van der Waals surface area (Å²) in [6.07, 6.45) is 4.15. The first-order valence-corrected chi connectivity index (χ1v) is 9.38. The van der Waals surface area contributed by atoms with Crippen molar-refractivity contribution in [1.29, 1.82) is 0 Å². The van der Waals surface area contributed by atoms with Crippen LogP contribution in [0.5, 0.6) is 11.5 Å². The molecule has 0 bridgehead atoms. The molecule has 1 saturated heterocycles. The predicted octanol–water partition coefficient (Wildman–Crippen LogP) is 3.06. The van der Waals surface area contributed by atoms with Crippen LogP contribution in [0.2, 0.25) is 0 Å². The van der Waals surface area contributed by atoms with Crippen molar-refractivity contribution in [1.82, 2.24) is 4.90 Å². The summed E-state index contributed by atoms with van der Waals surface area (Å²) >= 11 is 0. The first-order valence-electron chi connectivity index (χ1n) is 9.38. The summed E-state index contributed by atoms with van der Waals surface area (Å²) in [6, 6.07) is 5.17. The van der Waals surface area contributed by atoms with Gasteiger partial charge in [0, 0.05) is 18.7 Å². The van der Waals surface area contributed by atoms with Gasteiger partial charge in [-0.2, -0.15) is 0 Å². The van der Waals surface area contributed by atoms with Crippen molar-refractivity contribution >= 4 is 11.9 Å². The van der Waals surface area contributed by atoms with Crippen molar-refractivity contribution in [3.8, 4) is 11.5 Å². The number of unbranched alkanes of at least 4 members (excludes halogenated alkanes) is 1. The second-order valence-corrected chi connectivity index (χ2v) is 7.22. The van der Waals surface area contributed by atoms with Crippen LogP contribution in [0.4, 0.5) is 0 Å². The molecule has 1 heterocycles. The number of benzene rings is 1. The van der Waals surface area contributed by atoms with Gasteiger partial charge < -0.3 is 19.5 Å². The molecule has 1 N–H and O–H groups in total. The lowest BCUT2D eigenvalue weighted by Gasteiger charge is -2.18. The molecule has 26 heavy (non-hydrogen) atoms. The lowest BCUT2D eigenvalue weighted by atomic mass is 9.92. The van der Waals surface area contributed by atoms with Gasteiger partial charge in [0.15, 0.2) is 11.5 Å². The minimum atomic E-state index is -0.797. The van der Waals surface area contributed by atoms with Gasteiger partial charge in [-0.3, -0.25) is 9.59 Å². The zero-order valence-electron chi connectivity index (χ0n) is 15.4. The molecule has 0 spiro atoms. The van der Waals surface area contributed by atoms with Gasteiger partial charge in [0.25, 0.3) is 5.91 Å². The van der Waals surface area contributed by atoms with E-state index in [1.807, 2.05) is 0 Å². The Balaban J connectivity index is 1.72. The summed E-state index contributed by atoms with van der Waals surface area (Å²) in [6.45, 7) is 3.51. The zero-order chi connectivity index (χ0) is 18.7. The van der Waals surface area contributed by atoms with Gasteiger partial charge in [0.1, 0.15) is 0 Å². The van der Waals surface area contributed by atoms with Crippen molar-refractivity contribution in [2.24, 2.45) is 17.8 Å². The highest BCUT2D eigenvalue weighted by atomic mass is 16.5. The summed E-state index contributed by atoms with van der Waals surface area (Å²) in [5.41, 5.74) is 0.505. The number of methoxy groups -OCH3 is 1. The number of amides is 1. The van der Waals surface area contributed by atoms with E-state index in [2.05, 4.69) is 6.92 Å². The molecule has 6 nitrogen and oxygen atoms in total. The van der Waals surface area contributed by atoms with Crippen LogP contribution in [0.15, 0.2) is 18.2 Å². The second kappa shape index (κ2) is 7.98. The fraction of sp³-hybridized carbons (Fsp3) is 0.600. The molecule has 2 aliphatic rings. The minimum Gasteiger partial charge on any atom is -0.493 e. The van der Waals surface area contributed by atoms with Gasteiger partial charge >= 0.3 is 5.97 Å². The number of carboxylic acids is 1. The van der Waals surface area contributed by atoms with Crippen LogP contribution >= 0.6 is 0 Å². The van der Waals surface area contributed by atoms with E-state index >= 15 is 0 Å². The number of ether oxygens (including phenoxy) is 2. The minimum absolute atomic E-state index is 0.0787. The van der Waals surface area contributed by atoms with Gasteiger partial charge in [0.2, 0.25) is 0 Å². The zero-order valence-corrected chi connectivity index (χ0v) is 15.4. The van der Waals surface area contributed by atoms with Crippen LogP contribution in [0.1, 0.15) is 43.0 Å². The molecular formula is C20H27NO5. The molecule has 1 aliphatic carbocycles. The predicted molar refractivity (Wildman–Crippen MR) is 96.6 cm³/mol. The van der Waals surface area contributed by atoms with E-state index in [1.54, 1.807) is 30.2 Å². The third kappa shape index (κ3) is 3.94. The van der Waals surface area contributed by atoms with Crippen LogP contribution < -0.4 is 9.47 Å². The SMILES string of the molecule is CCCCOc1ccc(C(=O)N2C[C@H](C(=O)O)[C@@H](C3CC3)C2)cc1OC. The van der Waals surface area contributed by atoms with E-state index in [0.29, 0.717) is 36.1 Å². The van der Waals surface area contributed by atoms with E-state index in [4.69, 9.17) is 9.47 Å². The number of likely N-dealkylation sites (tertiary alicyclic amines) is 1. The lowest BCUT2D eigenvalue weighted by molar-refractivity contribution is -0.142. The van der Waals surface area contributed by atoms with E-state index in [-0.39, 0.29) is 18.4 Å². The lowest BCUT2D eigenvalue weighted by Crippen LogP contribution is -2.29. The molecular weight excluding hydrogens is 334 g/mol. The topological polar surface area (TPSA) is 76.1 Å². The van der Waals surface area contributed by atoms with Crippen molar-refractivity contribution in [2.75, 3.05) is 26.8 Å². The van der Waals surface area contributed by atoms with Crippen molar-refractivity contribution in [3.05, 3.63) is 23.8 Å². The number of hydrogen-bond donors (Lipinski definition) is 1. The maximum absolute atomic E-state index is 12.9. The van der Waals surface area contributed by atoms with Gasteiger partial charge in [-0.15, -0.1) is 0 Å². The summed E-state index contributed by atoms with van der Waals surface area (Å²) in [5, 5.41) is 9.48. The number of aliphatic carboxylic acids is 1. The molecule has 0 radical (unpaired) electrons. The Morgan fingerprint density at radius 2 is 2.00 bits per heavy atom. The molecule has 3 rings (SSSR count). The highest BCUT2D eigenvalue weighted by molar-refractivity contribution is 5.95. The number of carbonyl (C=O) groups is 2. The van der Waals surface area contributed by atoms with Gasteiger partial charge in [0.05, 0.1) is 19.6 Å². The van der Waals surface area contributed by atoms with Crippen molar-refractivity contribution in [3.63, 3.8) is 0 Å². The van der Waals surface area contributed by atoms with Crippen molar-refractivity contribution < 1.29 is 24.2 Å². The summed E-state index contributed by atoms with van der Waals surface area (Å²) in [5.74, 6) is 0.294. The number of carbonyl (C=O) groups excluding carboxylic acids is 1. The first-order chi connectivity index (χ1) is 12.5. The largest absolute Gasteiger partial charge is 0.493 e. The third-order valence-corrected chi connectivity index (χ3v) is 5.36. The van der Waals surface area contributed by atoms with E-state index in [1.165, 1.54) is 0 Å². The van der Waals surface area contributed by atoms with Crippen LogP contribution in [0.3, 0.4) is 0 Å². The summed E-state index contributed by atoms with van der Waals surface area (Å²) < 4.78 is 11.1. The number of carboxylic acid groups (broad SMARTS) is 1. The standard InChI is InChI=1S/C20H27NO5/c1-3-4-9-26-17-8-7-14(10-18(17)25-2)19(22)21-11-15(13-5-6-13)16(12-21)20(23)24/h7-8,10,13,15-16H,3-6,9,11-12H2,1-2H3,(H,23,24)/t15-,16+/m1/s1. The molecule has 1 amide bonds. The van der Waals surface area contributed by atoms with Crippen LogP contribution in [-0.4, -0.2) is 48.7 Å². The Morgan fingerprint density at radius 3 is 2.62 bits per heavy atom.